The second kappa shape index (κ2) is 11.4. The fourth-order valence-electron chi connectivity index (χ4n) is 4.35. The largest absolute Gasteiger partial charge is 0.460 e. The molecule has 0 aliphatic heterocycles. The Morgan fingerprint density at radius 3 is 1.49 bits per heavy atom. The Kier molecular flexibility index (Phi) is 7.86. The quantitative estimate of drug-likeness (QED) is 0.191. The van der Waals surface area contributed by atoms with Gasteiger partial charge in [0, 0.05) is 6.54 Å². The molecule has 4 rings (SSSR count). The summed E-state index contributed by atoms with van der Waals surface area (Å²) in [5.74, 6) is -1.70. The standard InChI is InChI=1S/C31H29NO3/c1-24(33)29(30(34)35-23-25-14-6-2-7-15-25)22-32-31(26-16-8-3-9-17-26,27-18-10-4-11-19-27)28-20-12-5-13-21-28/h2-21,29,32H,22-23H2,1H3. The van der Waals surface area contributed by atoms with E-state index in [0.29, 0.717) is 0 Å². The van der Waals surface area contributed by atoms with Gasteiger partial charge < -0.3 is 4.74 Å². The van der Waals surface area contributed by atoms with Crippen LogP contribution >= 0.6 is 0 Å². The summed E-state index contributed by atoms with van der Waals surface area (Å²) in [6.07, 6.45) is 0. The van der Waals surface area contributed by atoms with Gasteiger partial charge in [0.05, 0.1) is 5.54 Å². The SMILES string of the molecule is CC(=O)C(CNC(c1ccccc1)(c1ccccc1)c1ccccc1)C(=O)OCc1ccccc1. The molecule has 0 radical (unpaired) electrons. The molecule has 35 heavy (non-hydrogen) atoms. The maximum atomic E-state index is 13.0. The number of nitrogens with one attached hydrogen (secondary N) is 1. The minimum absolute atomic E-state index is 0.127. The highest BCUT2D eigenvalue weighted by atomic mass is 16.5. The molecule has 0 amide bonds. The van der Waals surface area contributed by atoms with Crippen molar-refractivity contribution in [3.05, 3.63) is 144 Å². The van der Waals surface area contributed by atoms with Crippen LogP contribution in [0.1, 0.15) is 29.2 Å². The van der Waals surface area contributed by atoms with Crippen LogP contribution in [0.15, 0.2) is 121 Å². The minimum atomic E-state index is -0.936. The number of benzene rings is 4. The van der Waals surface area contributed by atoms with Gasteiger partial charge in [0.25, 0.3) is 0 Å². The van der Waals surface area contributed by atoms with Crippen molar-refractivity contribution in [2.45, 2.75) is 19.1 Å². The minimum Gasteiger partial charge on any atom is -0.460 e. The van der Waals surface area contributed by atoms with Crippen LogP contribution in [0.4, 0.5) is 0 Å². The molecule has 0 heterocycles. The van der Waals surface area contributed by atoms with Crippen LogP contribution in [0.2, 0.25) is 0 Å². The topological polar surface area (TPSA) is 55.4 Å². The average Bonchev–Trinajstić information content (AvgIpc) is 2.92. The Hall–Kier alpha value is -4.02. The van der Waals surface area contributed by atoms with Crippen LogP contribution in [-0.2, 0) is 26.5 Å². The van der Waals surface area contributed by atoms with Crippen LogP contribution in [-0.4, -0.2) is 18.3 Å². The lowest BCUT2D eigenvalue weighted by Gasteiger charge is -2.38. The molecule has 4 aromatic carbocycles. The fourth-order valence-corrected chi connectivity index (χ4v) is 4.35. The van der Waals surface area contributed by atoms with E-state index in [4.69, 9.17) is 4.74 Å². The van der Waals surface area contributed by atoms with E-state index in [0.717, 1.165) is 22.3 Å². The van der Waals surface area contributed by atoms with Crippen LogP contribution < -0.4 is 5.32 Å². The second-order valence-electron chi connectivity index (χ2n) is 8.49. The summed E-state index contributed by atoms with van der Waals surface area (Å²) >= 11 is 0. The summed E-state index contributed by atoms with van der Waals surface area (Å²) in [4.78, 5) is 25.6. The van der Waals surface area contributed by atoms with Crippen LogP contribution in [0.5, 0.6) is 0 Å². The lowest BCUT2D eigenvalue weighted by Crippen LogP contribution is -2.48. The van der Waals surface area contributed by atoms with Gasteiger partial charge in [-0.2, -0.15) is 0 Å². The number of rotatable bonds is 10. The molecule has 176 valence electrons. The summed E-state index contributed by atoms with van der Waals surface area (Å²) in [5, 5.41) is 3.62. The van der Waals surface area contributed by atoms with E-state index in [-0.39, 0.29) is 18.9 Å². The highest BCUT2D eigenvalue weighted by Crippen LogP contribution is 2.37. The van der Waals surface area contributed by atoms with E-state index in [9.17, 15) is 9.59 Å². The van der Waals surface area contributed by atoms with E-state index in [1.807, 2.05) is 84.9 Å². The number of ether oxygens (including phenoxy) is 1. The third kappa shape index (κ3) is 5.56. The van der Waals surface area contributed by atoms with Crippen molar-refractivity contribution in [2.24, 2.45) is 5.92 Å². The van der Waals surface area contributed by atoms with Crippen molar-refractivity contribution >= 4 is 11.8 Å². The van der Waals surface area contributed by atoms with E-state index >= 15 is 0 Å². The lowest BCUT2D eigenvalue weighted by molar-refractivity contribution is -0.152. The number of carbonyl (C=O) groups excluding carboxylic acids is 2. The van der Waals surface area contributed by atoms with Gasteiger partial charge in [0.1, 0.15) is 18.3 Å². The maximum absolute atomic E-state index is 13.0. The monoisotopic (exact) mass is 463 g/mol. The summed E-state index contributed by atoms with van der Waals surface area (Å²) in [6, 6.07) is 39.7. The van der Waals surface area contributed by atoms with Crippen LogP contribution in [0.3, 0.4) is 0 Å². The first kappa shape index (κ1) is 24.1. The zero-order valence-corrected chi connectivity index (χ0v) is 19.8. The van der Waals surface area contributed by atoms with Crippen molar-refractivity contribution in [2.75, 3.05) is 6.54 Å². The van der Waals surface area contributed by atoms with Gasteiger partial charge in [-0.3, -0.25) is 14.9 Å². The molecule has 4 aromatic rings. The first-order chi connectivity index (χ1) is 17.1. The molecule has 4 nitrogen and oxygen atoms in total. The molecule has 0 aliphatic rings. The fraction of sp³-hybridized carbons (Fsp3) is 0.161. The molecule has 0 saturated heterocycles. The third-order valence-corrected chi connectivity index (χ3v) is 6.19. The van der Waals surface area contributed by atoms with Crippen molar-refractivity contribution in [1.29, 1.82) is 0 Å². The highest BCUT2D eigenvalue weighted by Gasteiger charge is 2.38. The predicted octanol–water partition coefficient (Wildman–Crippen LogP) is 5.52. The summed E-state index contributed by atoms with van der Waals surface area (Å²) < 4.78 is 5.53. The molecule has 1 N–H and O–H groups in total. The number of ketones is 1. The van der Waals surface area contributed by atoms with Gasteiger partial charge in [-0.05, 0) is 29.2 Å². The molecule has 1 atom stereocenters. The molecule has 0 aromatic heterocycles. The zero-order chi connectivity index (χ0) is 24.5. The van der Waals surface area contributed by atoms with Crippen molar-refractivity contribution in [3.8, 4) is 0 Å². The van der Waals surface area contributed by atoms with Crippen LogP contribution in [0.25, 0.3) is 0 Å². The first-order valence-corrected chi connectivity index (χ1v) is 11.7. The molecular weight excluding hydrogens is 434 g/mol. The molecule has 4 heteroatoms. The second-order valence-corrected chi connectivity index (χ2v) is 8.49. The van der Waals surface area contributed by atoms with Gasteiger partial charge in [-0.15, -0.1) is 0 Å². The maximum Gasteiger partial charge on any atom is 0.318 e. The van der Waals surface area contributed by atoms with E-state index in [1.54, 1.807) is 0 Å². The predicted molar refractivity (Wildman–Crippen MR) is 138 cm³/mol. The first-order valence-electron chi connectivity index (χ1n) is 11.7. The summed E-state index contributed by atoms with van der Waals surface area (Å²) in [6.45, 7) is 1.69. The van der Waals surface area contributed by atoms with Gasteiger partial charge in [-0.25, -0.2) is 0 Å². The normalized spacial score (nSPS) is 12.0. The number of carbonyl (C=O) groups is 2. The number of hydrogen-bond donors (Lipinski definition) is 1. The number of hydrogen-bond acceptors (Lipinski definition) is 4. The van der Waals surface area contributed by atoms with Crippen LogP contribution in [0, 0.1) is 5.92 Å². The van der Waals surface area contributed by atoms with Crippen molar-refractivity contribution in [3.63, 3.8) is 0 Å². The highest BCUT2D eigenvalue weighted by molar-refractivity contribution is 5.98. The molecule has 0 fully saturated rings. The van der Waals surface area contributed by atoms with Crippen molar-refractivity contribution < 1.29 is 14.3 Å². The van der Waals surface area contributed by atoms with E-state index < -0.39 is 17.4 Å². The van der Waals surface area contributed by atoms with Gasteiger partial charge in [0.2, 0.25) is 0 Å². The third-order valence-electron chi connectivity index (χ3n) is 6.19. The number of Topliss-reactive ketones (excluding diaryl/α,β-unsaturated/α-hetero) is 1. The molecule has 1 unspecified atom stereocenters. The molecule has 0 spiro atoms. The Morgan fingerprint density at radius 1 is 0.686 bits per heavy atom. The Morgan fingerprint density at radius 2 is 1.09 bits per heavy atom. The summed E-state index contributed by atoms with van der Waals surface area (Å²) in [5.41, 5.74) is 3.15. The van der Waals surface area contributed by atoms with Crippen molar-refractivity contribution in [1.82, 2.24) is 5.32 Å². The molecule has 0 bridgehead atoms. The summed E-state index contributed by atoms with van der Waals surface area (Å²) in [7, 11) is 0. The Balaban J connectivity index is 1.68. The van der Waals surface area contributed by atoms with E-state index in [2.05, 4.69) is 41.7 Å². The molecule has 0 aliphatic carbocycles. The van der Waals surface area contributed by atoms with Gasteiger partial charge in [-0.1, -0.05) is 121 Å². The molecule has 0 saturated carbocycles. The average molecular weight is 464 g/mol. The lowest BCUT2D eigenvalue weighted by atomic mass is 9.76. The number of esters is 1. The molecular formula is C31H29NO3. The zero-order valence-electron chi connectivity index (χ0n) is 19.8. The Bertz CT molecular complexity index is 1130. The smallest absolute Gasteiger partial charge is 0.318 e. The Labute approximate surface area is 206 Å². The van der Waals surface area contributed by atoms with Gasteiger partial charge >= 0.3 is 5.97 Å². The van der Waals surface area contributed by atoms with E-state index in [1.165, 1.54) is 6.92 Å². The van der Waals surface area contributed by atoms with Gasteiger partial charge in [0.15, 0.2) is 0 Å².